The molecule has 1 amide bonds. The van der Waals surface area contributed by atoms with Crippen LogP contribution in [0.3, 0.4) is 0 Å². The lowest BCUT2D eigenvalue weighted by atomic mass is 10.1. The van der Waals surface area contributed by atoms with Crippen LogP contribution >= 0.6 is 0 Å². The van der Waals surface area contributed by atoms with Crippen molar-refractivity contribution in [1.82, 2.24) is 35.7 Å². The van der Waals surface area contributed by atoms with Gasteiger partial charge in [0.15, 0.2) is 0 Å². The first kappa shape index (κ1) is 15.7. The number of hydrogen-bond donors (Lipinski definition) is 2. The normalized spacial score (nSPS) is 10.6. The standard InChI is InChI=1S/C18H15N7O/c26-18(15-11-20-25(12-15)16-4-2-1-3-5-16)19-10-13-6-8-14(9-7-13)17-21-23-24-22-17/h1-9,11-12H,10H2,(H,19,26)(H,21,22,23,24). The van der Waals surface area contributed by atoms with Crippen LogP contribution in [-0.2, 0) is 6.54 Å². The molecule has 0 saturated carbocycles. The first-order valence-electron chi connectivity index (χ1n) is 8.01. The van der Waals surface area contributed by atoms with Gasteiger partial charge in [-0.3, -0.25) is 4.79 Å². The highest BCUT2D eigenvalue weighted by molar-refractivity contribution is 5.93. The molecule has 2 heterocycles. The number of nitrogens with zero attached hydrogens (tertiary/aromatic N) is 5. The number of tetrazole rings is 1. The Balaban J connectivity index is 1.39. The van der Waals surface area contributed by atoms with Gasteiger partial charge in [0.25, 0.3) is 5.91 Å². The van der Waals surface area contributed by atoms with Crippen LogP contribution in [0.4, 0.5) is 0 Å². The number of H-pyrrole nitrogens is 1. The molecule has 26 heavy (non-hydrogen) atoms. The predicted octanol–water partition coefficient (Wildman–Crippen LogP) is 1.98. The summed E-state index contributed by atoms with van der Waals surface area (Å²) in [4.78, 5) is 12.3. The number of aromatic nitrogens is 6. The van der Waals surface area contributed by atoms with Crippen LogP contribution in [0.1, 0.15) is 15.9 Å². The maximum absolute atomic E-state index is 12.3. The summed E-state index contributed by atoms with van der Waals surface area (Å²) in [5.74, 6) is 0.364. The highest BCUT2D eigenvalue weighted by atomic mass is 16.1. The van der Waals surface area contributed by atoms with Crippen molar-refractivity contribution in [2.75, 3.05) is 0 Å². The number of benzene rings is 2. The van der Waals surface area contributed by atoms with E-state index < -0.39 is 0 Å². The van der Waals surface area contributed by atoms with Crippen molar-refractivity contribution in [1.29, 1.82) is 0 Å². The molecule has 2 aromatic heterocycles. The van der Waals surface area contributed by atoms with Crippen molar-refractivity contribution in [2.24, 2.45) is 0 Å². The van der Waals surface area contributed by atoms with Crippen LogP contribution in [-0.4, -0.2) is 36.3 Å². The summed E-state index contributed by atoms with van der Waals surface area (Å²) < 4.78 is 1.68. The van der Waals surface area contributed by atoms with Gasteiger partial charge in [-0.15, -0.1) is 10.2 Å². The molecule has 0 radical (unpaired) electrons. The van der Waals surface area contributed by atoms with E-state index in [9.17, 15) is 4.79 Å². The number of nitrogens with one attached hydrogen (secondary N) is 2. The van der Waals surface area contributed by atoms with E-state index in [1.54, 1.807) is 17.1 Å². The Kier molecular flexibility index (Phi) is 4.21. The van der Waals surface area contributed by atoms with E-state index in [4.69, 9.17) is 0 Å². The van der Waals surface area contributed by atoms with Crippen molar-refractivity contribution in [3.05, 3.63) is 78.1 Å². The predicted molar refractivity (Wildman–Crippen MR) is 94.3 cm³/mol. The second kappa shape index (κ2) is 6.98. The summed E-state index contributed by atoms with van der Waals surface area (Å²) in [6.07, 6.45) is 3.27. The SMILES string of the molecule is O=C(NCc1ccc(-c2nn[nH]n2)cc1)c1cnn(-c2ccccc2)c1. The van der Waals surface area contributed by atoms with E-state index in [1.807, 2.05) is 54.6 Å². The number of carbonyl (C=O) groups is 1. The zero-order chi connectivity index (χ0) is 17.8. The molecule has 0 spiro atoms. The Morgan fingerprint density at radius 1 is 1.08 bits per heavy atom. The lowest BCUT2D eigenvalue weighted by molar-refractivity contribution is 0.0951. The maximum Gasteiger partial charge on any atom is 0.254 e. The van der Waals surface area contributed by atoms with Gasteiger partial charge in [0.05, 0.1) is 17.4 Å². The summed E-state index contributed by atoms with van der Waals surface area (Å²) in [7, 11) is 0. The second-order valence-electron chi connectivity index (χ2n) is 5.62. The van der Waals surface area contributed by atoms with Crippen LogP contribution in [0.2, 0.25) is 0 Å². The average molecular weight is 345 g/mol. The van der Waals surface area contributed by atoms with Gasteiger partial charge in [-0.2, -0.15) is 10.3 Å². The van der Waals surface area contributed by atoms with Crippen molar-refractivity contribution >= 4 is 5.91 Å². The largest absolute Gasteiger partial charge is 0.348 e. The molecule has 0 aliphatic heterocycles. The molecule has 4 aromatic rings. The van der Waals surface area contributed by atoms with Crippen molar-refractivity contribution in [3.63, 3.8) is 0 Å². The molecule has 2 aromatic carbocycles. The minimum absolute atomic E-state index is 0.172. The number of carbonyl (C=O) groups excluding carboxylic acids is 1. The van der Waals surface area contributed by atoms with Crippen LogP contribution in [0, 0.1) is 0 Å². The van der Waals surface area contributed by atoms with Gasteiger partial charge in [-0.1, -0.05) is 42.5 Å². The van der Waals surface area contributed by atoms with E-state index in [-0.39, 0.29) is 5.91 Å². The third-order valence-electron chi connectivity index (χ3n) is 3.88. The van der Waals surface area contributed by atoms with Gasteiger partial charge in [0, 0.05) is 18.3 Å². The molecular formula is C18H15N7O. The summed E-state index contributed by atoms with van der Waals surface area (Å²) in [5, 5.41) is 20.9. The first-order valence-corrected chi connectivity index (χ1v) is 8.01. The fourth-order valence-electron chi connectivity index (χ4n) is 2.50. The highest BCUT2D eigenvalue weighted by Gasteiger charge is 2.09. The Bertz CT molecular complexity index is 992. The van der Waals surface area contributed by atoms with Gasteiger partial charge in [-0.25, -0.2) is 4.68 Å². The zero-order valence-corrected chi connectivity index (χ0v) is 13.7. The molecular weight excluding hydrogens is 330 g/mol. The summed E-state index contributed by atoms with van der Waals surface area (Å²) in [6, 6.07) is 17.3. The van der Waals surface area contributed by atoms with Crippen LogP contribution in [0.5, 0.6) is 0 Å². The molecule has 0 atom stereocenters. The van der Waals surface area contributed by atoms with Crippen molar-refractivity contribution < 1.29 is 4.79 Å². The van der Waals surface area contributed by atoms with Gasteiger partial charge in [0.1, 0.15) is 0 Å². The smallest absolute Gasteiger partial charge is 0.254 e. The molecule has 0 unspecified atom stereocenters. The molecule has 8 heteroatoms. The van der Waals surface area contributed by atoms with Crippen LogP contribution in [0.25, 0.3) is 17.1 Å². The number of amides is 1. The lowest BCUT2D eigenvalue weighted by Gasteiger charge is -2.04. The van der Waals surface area contributed by atoms with Crippen LogP contribution < -0.4 is 5.32 Å². The van der Waals surface area contributed by atoms with Gasteiger partial charge in [0.2, 0.25) is 5.82 Å². The number of aromatic amines is 1. The molecule has 0 aliphatic rings. The fraction of sp³-hybridized carbons (Fsp3) is 0.0556. The van der Waals surface area contributed by atoms with E-state index >= 15 is 0 Å². The molecule has 0 fully saturated rings. The minimum Gasteiger partial charge on any atom is -0.348 e. The monoisotopic (exact) mass is 345 g/mol. The van der Waals surface area contributed by atoms with Gasteiger partial charge in [-0.05, 0) is 22.9 Å². The van der Waals surface area contributed by atoms with E-state index in [1.165, 1.54) is 0 Å². The van der Waals surface area contributed by atoms with Crippen molar-refractivity contribution in [2.45, 2.75) is 6.54 Å². The fourth-order valence-corrected chi connectivity index (χ4v) is 2.50. The van der Waals surface area contributed by atoms with Gasteiger partial charge < -0.3 is 5.32 Å². The first-order chi connectivity index (χ1) is 12.8. The maximum atomic E-state index is 12.3. The Labute approximate surface area is 148 Å². The lowest BCUT2D eigenvalue weighted by Crippen LogP contribution is -2.22. The Hall–Kier alpha value is -3.81. The summed E-state index contributed by atoms with van der Waals surface area (Å²) >= 11 is 0. The van der Waals surface area contributed by atoms with Crippen molar-refractivity contribution in [3.8, 4) is 17.1 Å². The Morgan fingerprint density at radius 3 is 2.62 bits per heavy atom. The van der Waals surface area contributed by atoms with E-state index in [0.29, 0.717) is 17.9 Å². The molecule has 2 N–H and O–H groups in total. The Morgan fingerprint density at radius 2 is 1.88 bits per heavy atom. The minimum atomic E-state index is -0.172. The number of hydrogen-bond acceptors (Lipinski definition) is 5. The molecule has 128 valence electrons. The molecule has 8 nitrogen and oxygen atoms in total. The average Bonchev–Trinajstić information content (AvgIpc) is 3.39. The molecule has 0 saturated heterocycles. The summed E-state index contributed by atoms with van der Waals surface area (Å²) in [6.45, 7) is 0.419. The number of rotatable bonds is 5. The van der Waals surface area contributed by atoms with Crippen LogP contribution in [0.15, 0.2) is 67.0 Å². The number of para-hydroxylation sites is 1. The topological polar surface area (TPSA) is 101 Å². The third kappa shape index (κ3) is 3.34. The van der Waals surface area contributed by atoms with Gasteiger partial charge >= 0.3 is 0 Å². The molecule has 4 rings (SSSR count). The zero-order valence-electron chi connectivity index (χ0n) is 13.7. The summed E-state index contributed by atoms with van der Waals surface area (Å²) in [5.41, 5.74) is 3.25. The molecule has 0 aliphatic carbocycles. The third-order valence-corrected chi connectivity index (χ3v) is 3.88. The van der Waals surface area contributed by atoms with E-state index in [0.717, 1.165) is 16.8 Å². The quantitative estimate of drug-likeness (QED) is 0.576. The van der Waals surface area contributed by atoms with E-state index in [2.05, 4.69) is 31.0 Å². The second-order valence-corrected chi connectivity index (χ2v) is 5.62. The highest BCUT2D eigenvalue weighted by Crippen LogP contribution is 2.14. The molecule has 0 bridgehead atoms.